The van der Waals surface area contributed by atoms with Gasteiger partial charge in [-0.1, -0.05) is 37.6 Å². The van der Waals surface area contributed by atoms with Crippen LogP contribution in [0.15, 0.2) is 24.3 Å². The first-order valence-corrected chi connectivity index (χ1v) is 8.23. The number of aryl methyl sites for hydroxylation is 1. The van der Waals surface area contributed by atoms with Crippen molar-refractivity contribution in [2.75, 3.05) is 6.54 Å². The number of hydrogen-bond donors (Lipinski definition) is 2. The second-order valence-electron chi connectivity index (χ2n) is 5.79. The molecule has 6 heteroatoms. The van der Waals surface area contributed by atoms with Crippen LogP contribution in [0.2, 0.25) is 5.02 Å². The summed E-state index contributed by atoms with van der Waals surface area (Å²) in [5, 5.41) is 4.43. The molecule has 0 radical (unpaired) electrons. The van der Waals surface area contributed by atoms with Gasteiger partial charge in [0.25, 0.3) is 5.91 Å². The lowest BCUT2D eigenvalue weighted by Gasteiger charge is -2.25. The van der Waals surface area contributed by atoms with E-state index in [4.69, 9.17) is 17.3 Å². The molecule has 1 aromatic carbocycles. The Balaban J connectivity index is 2.08. The molecule has 0 aliphatic heterocycles. The molecule has 0 fully saturated rings. The summed E-state index contributed by atoms with van der Waals surface area (Å²) < 4.78 is 0. The second kappa shape index (κ2) is 6.77. The highest BCUT2D eigenvalue weighted by Gasteiger charge is 2.23. The molecule has 3 N–H and O–H groups in total. The summed E-state index contributed by atoms with van der Waals surface area (Å²) in [4.78, 5) is 17.5. The van der Waals surface area contributed by atoms with Gasteiger partial charge in [0.05, 0.1) is 0 Å². The highest BCUT2D eigenvalue weighted by Crippen LogP contribution is 2.25. The number of thiazole rings is 1. The minimum Gasteiger partial charge on any atom is -0.350 e. The largest absolute Gasteiger partial charge is 0.350 e. The van der Waals surface area contributed by atoms with Gasteiger partial charge in [-0.05, 0) is 24.6 Å². The zero-order valence-corrected chi connectivity index (χ0v) is 14.5. The maximum absolute atomic E-state index is 12.3. The van der Waals surface area contributed by atoms with E-state index >= 15 is 0 Å². The molecule has 0 spiro atoms. The van der Waals surface area contributed by atoms with Crippen molar-refractivity contribution in [1.82, 2.24) is 10.3 Å². The zero-order valence-electron chi connectivity index (χ0n) is 12.9. The maximum atomic E-state index is 12.3. The Morgan fingerprint density at radius 2 is 2.18 bits per heavy atom. The van der Waals surface area contributed by atoms with Crippen LogP contribution in [0, 0.1) is 6.92 Å². The van der Waals surface area contributed by atoms with Gasteiger partial charge < -0.3 is 11.1 Å². The first-order valence-electron chi connectivity index (χ1n) is 7.04. The van der Waals surface area contributed by atoms with Crippen molar-refractivity contribution in [3.05, 3.63) is 50.4 Å². The second-order valence-corrected chi connectivity index (χ2v) is 7.52. The summed E-state index contributed by atoms with van der Waals surface area (Å²) in [7, 11) is 0. The number of benzene rings is 1. The number of nitrogens with zero attached hydrogens (tertiary/aromatic N) is 1. The van der Waals surface area contributed by atoms with Crippen LogP contribution in [-0.4, -0.2) is 17.4 Å². The van der Waals surface area contributed by atoms with E-state index in [-0.39, 0.29) is 11.3 Å². The molecule has 0 saturated heterocycles. The Kier molecular flexibility index (Phi) is 5.21. The molecule has 118 valence electrons. The van der Waals surface area contributed by atoms with E-state index in [0.717, 1.165) is 15.4 Å². The minimum absolute atomic E-state index is 0.163. The molecule has 2 rings (SSSR count). The molecule has 1 aromatic heterocycles. The Morgan fingerprint density at radius 3 is 2.77 bits per heavy atom. The molecule has 4 nitrogen and oxygen atoms in total. The van der Waals surface area contributed by atoms with Crippen LogP contribution >= 0.6 is 22.9 Å². The molecule has 1 heterocycles. The Labute approximate surface area is 139 Å². The van der Waals surface area contributed by atoms with Crippen LogP contribution in [0.1, 0.15) is 39.8 Å². The van der Waals surface area contributed by atoms with E-state index < -0.39 is 0 Å². The molecule has 0 aliphatic rings. The number of halogens is 1. The molecular formula is C16H20ClN3OS. The average molecular weight is 338 g/mol. The van der Waals surface area contributed by atoms with Crippen molar-refractivity contribution in [1.29, 1.82) is 0 Å². The number of amides is 1. The van der Waals surface area contributed by atoms with Crippen LogP contribution in [0.4, 0.5) is 0 Å². The van der Waals surface area contributed by atoms with Gasteiger partial charge in [0.1, 0.15) is 10.7 Å². The number of rotatable bonds is 5. The van der Waals surface area contributed by atoms with E-state index in [1.54, 1.807) is 0 Å². The Hall–Kier alpha value is -1.43. The van der Waals surface area contributed by atoms with E-state index in [1.807, 2.05) is 31.2 Å². The van der Waals surface area contributed by atoms with Gasteiger partial charge in [0.15, 0.2) is 0 Å². The number of carbonyl (C=O) groups is 1. The van der Waals surface area contributed by atoms with Crippen LogP contribution in [-0.2, 0) is 12.0 Å². The predicted octanol–water partition coefficient (Wildman–Crippen LogP) is 3.27. The van der Waals surface area contributed by atoms with Gasteiger partial charge >= 0.3 is 0 Å². The topological polar surface area (TPSA) is 68.0 Å². The summed E-state index contributed by atoms with van der Waals surface area (Å²) in [6, 6.07) is 7.69. The Bertz CT molecular complexity index is 682. The highest BCUT2D eigenvalue weighted by molar-refractivity contribution is 7.11. The lowest BCUT2D eigenvalue weighted by molar-refractivity contribution is 0.0940. The maximum Gasteiger partial charge on any atom is 0.271 e. The standard InChI is InChI=1S/C16H20ClN3OS/c1-10-14(20-13(8-18)22-10)15(21)19-9-16(2,3)11-5-4-6-12(17)7-11/h4-7H,8-9,18H2,1-3H3,(H,19,21). The lowest BCUT2D eigenvalue weighted by atomic mass is 9.84. The smallest absolute Gasteiger partial charge is 0.271 e. The van der Waals surface area contributed by atoms with Gasteiger partial charge in [0, 0.05) is 28.4 Å². The van der Waals surface area contributed by atoms with Gasteiger partial charge in [-0.15, -0.1) is 11.3 Å². The number of aromatic nitrogens is 1. The van der Waals surface area contributed by atoms with Gasteiger partial charge in [-0.25, -0.2) is 4.98 Å². The zero-order chi connectivity index (χ0) is 16.3. The van der Waals surface area contributed by atoms with E-state index in [0.29, 0.717) is 23.8 Å². The van der Waals surface area contributed by atoms with Gasteiger partial charge in [-0.2, -0.15) is 0 Å². The molecule has 0 aliphatic carbocycles. The monoisotopic (exact) mass is 337 g/mol. The van der Waals surface area contributed by atoms with Crippen LogP contribution < -0.4 is 11.1 Å². The quantitative estimate of drug-likeness (QED) is 0.879. The van der Waals surface area contributed by atoms with Crippen molar-refractivity contribution >= 4 is 28.8 Å². The highest BCUT2D eigenvalue weighted by atomic mass is 35.5. The molecule has 0 unspecified atom stereocenters. The first-order chi connectivity index (χ1) is 10.3. The summed E-state index contributed by atoms with van der Waals surface area (Å²) >= 11 is 7.50. The van der Waals surface area contributed by atoms with E-state index in [1.165, 1.54) is 11.3 Å². The fourth-order valence-electron chi connectivity index (χ4n) is 2.15. The first kappa shape index (κ1) is 16.9. The summed E-state index contributed by atoms with van der Waals surface area (Å²) in [5.41, 5.74) is 6.89. The third-order valence-electron chi connectivity index (χ3n) is 3.53. The predicted molar refractivity (Wildman–Crippen MR) is 91.6 cm³/mol. The lowest BCUT2D eigenvalue weighted by Crippen LogP contribution is -2.37. The molecule has 0 atom stereocenters. The number of carbonyl (C=O) groups excluding carboxylic acids is 1. The van der Waals surface area contributed by atoms with Gasteiger partial charge in [-0.3, -0.25) is 4.79 Å². The normalized spacial score (nSPS) is 11.5. The summed E-state index contributed by atoms with van der Waals surface area (Å²) in [5.74, 6) is -0.163. The van der Waals surface area contributed by atoms with Crippen molar-refractivity contribution in [2.45, 2.75) is 32.7 Å². The van der Waals surface area contributed by atoms with E-state index in [9.17, 15) is 4.79 Å². The average Bonchev–Trinajstić information content (AvgIpc) is 2.86. The summed E-state index contributed by atoms with van der Waals surface area (Å²) in [6.07, 6.45) is 0. The SMILES string of the molecule is Cc1sc(CN)nc1C(=O)NCC(C)(C)c1cccc(Cl)c1. The molecule has 2 aromatic rings. The molecular weight excluding hydrogens is 318 g/mol. The van der Waals surface area contributed by atoms with Crippen LogP contribution in [0.25, 0.3) is 0 Å². The minimum atomic E-state index is -0.221. The van der Waals surface area contributed by atoms with Crippen molar-refractivity contribution in [3.63, 3.8) is 0 Å². The molecule has 0 saturated carbocycles. The molecule has 22 heavy (non-hydrogen) atoms. The third kappa shape index (κ3) is 3.85. The van der Waals surface area contributed by atoms with Crippen molar-refractivity contribution in [2.24, 2.45) is 5.73 Å². The number of hydrogen-bond acceptors (Lipinski definition) is 4. The number of nitrogens with one attached hydrogen (secondary N) is 1. The summed E-state index contributed by atoms with van der Waals surface area (Å²) in [6.45, 7) is 6.87. The van der Waals surface area contributed by atoms with Crippen molar-refractivity contribution in [3.8, 4) is 0 Å². The fourth-order valence-corrected chi connectivity index (χ4v) is 3.14. The van der Waals surface area contributed by atoms with Crippen LogP contribution in [0.5, 0.6) is 0 Å². The molecule has 0 bridgehead atoms. The van der Waals surface area contributed by atoms with Crippen molar-refractivity contribution < 1.29 is 4.79 Å². The fraction of sp³-hybridized carbons (Fsp3) is 0.375. The van der Waals surface area contributed by atoms with Crippen LogP contribution in [0.3, 0.4) is 0 Å². The Morgan fingerprint density at radius 1 is 1.45 bits per heavy atom. The molecule has 1 amide bonds. The van der Waals surface area contributed by atoms with E-state index in [2.05, 4.69) is 24.1 Å². The third-order valence-corrected chi connectivity index (χ3v) is 4.76. The van der Waals surface area contributed by atoms with Gasteiger partial charge in [0.2, 0.25) is 0 Å². The number of nitrogens with two attached hydrogens (primary N) is 1.